The zero-order valence-electron chi connectivity index (χ0n) is 25.3. The number of anilines is 1. The van der Waals surface area contributed by atoms with Gasteiger partial charge >= 0.3 is 6.03 Å². The van der Waals surface area contributed by atoms with Gasteiger partial charge in [-0.05, 0) is 92.5 Å². The van der Waals surface area contributed by atoms with Gasteiger partial charge in [-0.1, -0.05) is 38.6 Å². The Hall–Kier alpha value is -3.76. The zero-order valence-corrected chi connectivity index (χ0v) is 25.3. The van der Waals surface area contributed by atoms with Crippen molar-refractivity contribution in [2.24, 2.45) is 5.92 Å². The lowest BCUT2D eigenvalue weighted by Crippen LogP contribution is -2.48. The predicted molar refractivity (Wildman–Crippen MR) is 164 cm³/mol. The predicted octanol–water partition coefficient (Wildman–Crippen LogP) is 5.58. The minimum Gasteiger partial charge on any atom is -0.378 e. The molecule has 10 heteroatoms. The minimum absolute atomic E-state index is 0.0170. The Morgan fingerprint density at radius 3 is 2.60 bits per heavy atom. The molecule has 1 saturated heterocycles. The second-order valence-electron chi connectivity index (χ2n) is 11.3. The van der Waals surface area contributed by atoms with Crippen LogP contribution in [0.1, 0.15) is 62.6 Å². The molecule has 3 amide bonds. The van der Waals surface area contributed by atoms with Gasteiger partial charge in [0.15, 0.2) is 11.6 Å². The highest BCUT2D eigenvalue weighted by Crippen LogP contribution is 2.31. The number of hydrogen-bond acceptors (Lipinski definition) is 5. The van der Waals surface area contributed by atoms with Crippen molar-refractivity contribution in [3.8, 4) is 0 Å². The monoisotopic (exact) mass is 595 g/mol. The summed E-state index contributed by atoms with van der Waals surface area (Å²) in [7, 11) is 1.45. The highest BCUT2D eigenvalue weighted by molar-refractivity contribution is 5.98. The average Bonchev–Trinajstić information content (AvgIpc) is 3.00. The first kappa shape index (κ1) is 32.2. The summed E-state index contributed by atoms with van der Waals surface area (Å²) in [6.07, 6.45) is 3.93. The molecular weight excluding hydrogens is 552 g/mol. The fourth-order valence-electron chi connectivity index (χ4n) is 5.60. The number of carbonyl (C=O) groups excluding carboxylic acids is 2. The summed E-state index contributed by atoms with van der Waals surface area (Å²) in [6.45, 7) is 11.7. The third-order valence-corrected chi connectivity index (χ3v) is 8.36. The summed E-state index contributed by atoms with van der Waals surface area (Å²) in [4.78, 5) is 28.0. The maximum Gasteiger partial charge on any atom is 0.319 e. The van der Waals surface area contributed by atoms with Crippen LogP contribution in [0.15, 0.2) is 66.0 Å². The van der Waals surface area contributed by atoms with Crippen molar-refractivity contribution in [1.29, 1.82) is 0 Å². The average molecular weight is 596 g/mol. The summed E-state index contributed by atoms with van der Waals surface area (Å²) in [5.41, 5.74) is 4.22. The molecule has 1 fully saturated rings. The number of carbonyl (C=O) groups is 2. The Bertz CT molecular complexity index is 1340. The van der Waals surface area contributed by atoms with Crippen molar-refractivity contribution in [3.63, 3.8) is 0 Å². The molecule has 1 unspecified atom stereocenters. The molecule has 0 spiro atoms. The Kier molecular flexibility index (Phi) is 11.3. The number of likely N-dealkylation sites (tertiary alicyclic amines) is 1. The van der Waals surface area contributed by atoms with Crippen molar-refractivity contribution >= 4 is 17.6 Å². The summed E-state index contributed by atoms with van der Waals surface area (Å²) >= 11 is 0. The molecule has 8 nitrogen and oxygen atoms in total. The van der Waals surface area contributed by atoms with E-state index in [0.29, 0.717) is 18.4 Å². The van der Waals surface area contributed by atoms with Crippen LogP contribution in [0.2, 0.25) is 0 Å². The normalized spacial score (nSPS) is 18.5. The molecule has 2 aromatic rings. The highest BCUT2D eigenvalue weighted by Gasteiger charge is 2.33. The lowest BCUT2D eigenvalue weighted by molar-refractivity contribution is -0.118. The van der Waals surface area contributed by atoms with E-state index in [9.17, 15) is 18.4 Å². The van der Waals surface area contributed by atoms with Crippen molar-refractivity contribution in [3.05, 3.63) is 88.8 Å². The number of amides is 3. The second-order valence-corrected chi connectivity index (χ2v) is 11.3. The lowest BCUT2D eigenvalue weighted by atomic mass is 9.89. The smallest absolute Gasteiger partial charge is 0.319 e. The van der Waals surface area contributed by atoms with E-state index in [1.165, 1.54) is 18.7 Å². The molecule has 2 aliphatic rings. The van der Waals surface area contributed by atoms with Gasteiger partial charge in [0, 0.05) is 25.0 Å². The van der Waals surface area contributed by atoms with Gasteiger partial charge in [0.05, 0.1) is 23.9 Å². The van der Waals surface area contributed by atoms with E-state index in [4.69, 9.17) is 4.74 Å². The van der Waals surface area contributed by atoms with E-state index in [2.05, 4.69) is 70.9 Å². The number of nitrogens with zero attached hydrogens (tertiary/aromatic N) is 1. The van der Waals surface area contributed by atoms with Gasteiger partial charge in [0.1, 0.15) is 0 Å². The number of rotatable bonds is 13. The van der Waals surface area contributed by atoms with Crippen LogP contribution in [0.3, 0.4) is 0 Å². The molecule has 4 N–H and O–H groups in total. The molecule has 2 aromatic carbocycles. The molecule has 2 atom stereocenters. The maximum absolute atomic E-state index is 14.0. The molecule has 0 aromatic heterocycles. The number of piperidine rings is 1. The molecule has 0 saturated carbocycles. The number of nitrogens with one attached hydrogen (secondary N) is 4. The molecular formula is C33H43F2N5O3. The van der Waals surface area contributed by atoms with Crippen LogP contribution in [-0.4, -0.2) is 56.7 Å². The Morgan fingerprint density at radius 2 is 1.91 bits per heavy atom. The Labute approximate surface area is 252 Å². The number of methoxy groups -OCH3 is 1. The third-order valence-electron chi connectivity index (χ3n) is 8.36. The minimum atomic E-state index is -1.06. The van der Waals surface area contributed by atoms with Gasteiger partial charge < -0.3 is 30.9 Å². The van der Waals surface area contributed by atoms with E-state index in [0.717, 1.165) is 68.8 Å². The second kappa shape index (κ2) is 15.1. The number of ether oxygens (including phenoxy) is 1. The van der Waals surface area contributed by atoms with Gasteiger partial charge in [-0.2, -0.15) is 0 Å². The number of hydrogen-bond donors (Lipinski definition) is 4. The Balaban J connectivity index is 1.29. The molecule has 0 bridgehead atoms. The largest absolute Gasteiger partial charge is 0.378 e. The molecule has 2 heterocycles. The van der Waals surface area contributed by atoms with Crippen molar-refractivity contribution < 1.29 is 23.1 Å². The van der Waals surface area contributed by atoms with Gasteiger partial charge in [0.25, 0.3) is 5.91 Å². The summed E-state index contributed by atoms with van der Waals surface area (Å²) in [5.74, 6) is -1.55. The van der Waals surface area contributed by atoms with Crippen LogP contribution < -0.4 is 21.3 Å². The van der Waals surface area contributed by atoms with E-state index in [-0.39, 0.29) is 23.4 Å². The number of benzene rings is 2. The van der Waals surface area contributed by atoms with Crippen molar-refractivity contribution in [2.45, 2.75) is 51.5 Å². The number of halogens is 2. The topological polar surface area (TPSA) is 94.7 Å². The van der Waals surface area contributed by atoms with E-state index in [1.807, 2.05) is 0 Å². The van der Waals surface area contributed by atoms with Crippen LogP contribution in [0, 0.1) is 17.6 Å². The standard InChI is InChI=1S/C33H43F2N5O3/c1-5-21(2)22(3)37-26-9-6-8-24(18-26)23-12-16-40(17-13-23)15-7-14-36-32(41)30-29(20-43-4)38-33(42)39-31(30)25-10-11-27(34)28(35)19-25/h6,8-11,18-19,21,23,31,37H,3,5,7,12-17,20H2,1-2,4H3,(H,36,41)(H2,38,39,42)/t21?,31-/m1/s1. The molecule has 0 radical (unpaired) electrons. The van der Waals surface area contributed by atoms with Crippen LogP contribution in [0.5, 0.6) is 0 Å². The van der Waals surface area contributed by atoms with E-state index >= 15 is 0 Å². The fraction of sp³-hybridized carbons (Fsp3) is 0.455. The molecule has 2 aliphatic heterocycles. The molecule has 0 aliphatic carbocycles. The van der Waals surface area contributed by atoms with Gasteiger partial charge in [-0.25, -0.2) is 13.6 Å². The first-order valence-electron chi connectivity index (χ1n) is 15.0. The Morgan fingerprint density at radius 1 is 1.14 bits per heavy atom. The summed E-state index contributed by atoms with van der Waals surface area (Å²) < 4.78 is 32.7. The summed E-state index contributed by atoms with van der Waals surface area (Å²) in [5, 5.41) is 11.7. The molecule has 43 heavy (non-hydrogen) atoms. The highest BCUT2D eigenvalue weighted by atomic mass is 19.2. The number of allylic oxidation sites excluding steroid dienone is 1. The summed E-state index contributed by atoms with van der Waals surface area (Å²) in [6, 6.07) is 10.5. The maximum atomic E-state index is 14.0. The van der Waals surface area contributed by atoms with Crippen LogP contribution >= 0.6 is 0 Å². The SMILES string of the molecule is C=C(Nc1cccc(C2CCN(CCCNC(=O)C3=C(COC)NC(=O)N[C@@H]3c3ccc(F)c(F)c3)CC2)c1)C(C)CC. The van der Waals surface area contributed by atoms with Gasteiger partial charge in [-0.15, -0.1) is 0 Å². The van der Waals surface area contributed by atoms with Crippen molar-refractivity contribution in [2.75, 3.05) is 45.2 Å². The molecule has 232 valence electrons. The molecule has 4 rings (SSSR count). The quantitative estimate of drug-likeness (QED) is 0.227. The van der Waals surface area contributed by atoms with Gasteiger partial charge in [0.2, 0.25) is 0 Å². The third kappa shape index (κ3) is 8.42. The van der Waals surface area contributed by atoms with Crippen LogP contribution in [-0.2, 0) is 9.53 Å². The van der Waals surface area contributed by atoms with Crippen LogP contribution in [0.4, 0.5) is 19.3 Å². The lowest BCUT2D eigenvalue weighted by Gasteiger charge is -2.32. The van der Waals surface area contributed by atoms with E-state index in [1.54, 1.807) is 0 Å². The zero-order chi connectivity index (χ0) is 30.9. The fourth-order valence-corrected chi connectivity index (χ4v) is 5.60. The first-order valence-corrected chi connectivity index (χ1v) is 15.0. The van der Waals surface area contributed by atoms with Crippen molar-refractivity contribution in [1.82, 2.24) is 20.9 Å². The van der Waals surface area contributed by atoms with E-state index < -0.39 is 29.6 Å². The van der Waals surface area contributed by atoms with Gasteiger partial charge in [-0.3, -0.25) is 4.79 Å². The van der Waals surface area contributed by atoms with Crippen LogP contribution in [0.25, 0.3) is 0 Å². The first-order chi connectivity index (χ1) is 20.7. The number of urea groups is 1.